The Balaban J connectivity index is 1.24. The van der Waals surface area contributed by atoms with E-state index in [1.54, 1.807) is 31.2 Å². The molecule has 0 aliphatic carbocycles. The number of halogens is 2. The van der Waals surface area contributed by atoms with Crippen LogP contribution >= 0.6 is 15.9 Å². The number of rotatable bonds is 7. The van der Waals surface area contributed by atoms with E-state index in [2.05, 4.69) is 26.0 Å². The number of carbonyl (C=O) groups is 1. The van der Waals surface area contributed by atoms with E-state index in [0.717, 1.165) is 54.8 Å². The zero-order valence-corrected chi connectivity index (χ0v) is 18.5. The minimum absolute atomic E-state index is 0.0343. The Hall–Kier alpha value is -2.25. The summed E-state index contributed by atoms with van der Waals surface area (Å²) >= 11 is 3.46. The number of piperidine rings is 1. The number of ketones is 1. The molecule has 0 amide bonds. The zero-order chi connectivity index (χ0) is 21.1. The number of likely N-dealkylation sites (tertiary alicyclic amines) is 1. The van der Waals surface area contributed by atoms with Crippen LogP contribution < -0.4 is 4.74 Å². The second-order valence-electron chi connectivity index (χ2n) is 7.70. The second kappa shape index (κ2) is 9.27. The fourth-order valence-corrected chi connectivity index (χ4v) is 4.48. The largest absolute Gasteiger partial charge is 0.492 e. The Morgan fingerprint density at radius 2 is 2.10 bits per heavy atom. The molecule has 4 rings (SSSR count). The van der Waals surface area contributed by atoms with E-state index < -0.39 is 0 Å². The molecule has 5 nitrogen and oxygen atoms in total. The first kappa shape index (κ1) is 21.0. The number of fused-ring (bicyclic) bond motifs is 1. The van der Waals surface area contributed by atoms with Gasteiger partial charge in [-0.25, -0.2) is 4.39 Å². The van der Waals surface area contributed by atoms with Gasteiger partial charge in [-0.05, 0) is 85.5 Å². The fourth-order valence-electron chi connectivity index (χ4n) is 3.99. The highest BCUT2D eigenvalue weighted by Crippen LogP contribution is 2.33. The summed E-state index contributed by atoms with van der Waals surface area (Å²) in [6, 6.07) is 10.3. The average Bonchev–Trinajstić information content (AvgIpc) is 3.18. The van der Waals surface area contributed by atoms with E-state index >= 15 is 0 Å². The van der Waals surface area contributed by atoms with Gasteiger partial charge in [0.2, 0.25) is 0 Å². The van der Waals surface area contributed by atoms with Gasteiger partial charge in [-0.3, -0.25) is 4.79 Å². The Bertz CT molecular complexity index is 1040. The highest BCUT2D eigenvalue weighted by atomic mass is 79.9. The first-order valence-electron chi connectivity index (χ1n) is 10.2. The van der Waals surface area contributed by atoms with Crippen LogP contribution in [0.1, 0.15) is 48.2 Å². The molecule has 1 aromatic heterocycles. The van der Waals surface area contributed by atoms with E-state index in [4.69, 9.17) is 9.26 Å². The lowest BCUT2D eigenvalue weighted by atomic mass is 9.91. The van der Waals surface area contributed by atoms with Crippen molar-refractivity contribution in [2.45, 2.75) is 32.1 Å². The molecule has 1 aliphatic rings. The van der Waals surface area contributed by atoms with Gasteiger partial charge in [0, 0.05) is 18.0 Å². The van der Waals surface area contributed by atoms with Gasteiger partial charge >= 0.3 is 0 Å². The molecule has 3 aromatic rings. The number of Topliss-reactive ketones (excluding diaryl/α,β-unsaturated/α-hetero) is 1. The maximum atomic E-state index is 14.2. The van der Waals surface area contributed by atoms with Crippen molar-refractivity contribution in [1.29, 1.82) is 0 Å². The third-order valence-corrected chi connectivity index (χ3v) is 6.28. The molecule has 0 N–H and O–H groups in total. The molecule has 0 spiro atoms. The van der Waals surface area contributed by atoms with Gasteiger partial charge in [0.1, 0.15) is 11.6 Å². The lowest BCUT2D eigenvalue weighted by Gasteiger charge is -2.31. The molecule has 0 saturated carbocycles. The van der Waals surface area contributed by atoms with Crippen LogP contribution in [0.15, 0.2) is 45.4 Å². The van der Waals surface area contributed by atoms with Crippen molar-refractivity contribution in [3.63, 3.8) is 0 Å². The van der Waals surface area contributed by atoms with Crippen molar-refractivity contribution >= 4 is 32.7 Å². The molecular weight excluding hydrogens is 451 g/mol. The summed E-state index contributed by atoms with van der Waals surface area (Å²) in [7, 11) is 0. The molecule has 0 radical (unpaired) electrons. The second-order valence-corrected chi connectivity index (χ2v) is 8.55. The summed E-state index contributed by atoms with van der Waals surface area (Å²) in [6.07, 6.45) is 2.79. The zero-order valence-electron chi connectivity index (χ0n) is 16.9. The minimum atomic E-state index is -0.258. The quantitative estimate of drug-likeness (QED) is 0.330. The van der Waals surface area contributed by atoms with Crippen LogP contribution in [0.5, 0.6) is 5.75 Å². The van der Waals surface area contributed by atoms with Crippen molar-refractivity contribution in [1.82, 2.24) is 10.1 Å². The molecule has 0 bridgehead atoms. The minimum Gasteiger partial charge on any atom is -0.492 e. The van der Waals surface area contributed by atoms with E-state index in [1.165, 1.54) is 6.07 Å². The topological polar surface area (TPSA) is 55.6 Å². The summed E-state index contributed by atoms with van der Waals surface area (Å²) in [5, 5.41) is 4.69. The van der Waals surface area contributed by atoms with Gasteiger partial charge in [-0.2, -0.15) is 0 Å². The highest BCUT2D eigenvalue weighted by Gasteiger charge is 2.26. The number of carbonyl (C=O) groups excluding carboxylic acids is 1. The summed E-state index contributed by atoms with van der Waals surface area (Å²) < 4.78 is 26.2. The molecule has 7 heteroatoms. The first-order chi connectivity index (χ1) is 14.5. The third kappa shape index (κ3) is 4.57. The number of benzene rings is 2. The fraction of sp³-hybridized carbons (Fsp3) is 0.391. The number of nitrogens with zero attached hydrogens (tertiary/aromatic N) is 2. The van der Waals surface area contributed by atoms with E-state index in [1.807, 2.05) is 6.07 Å². The first-order valence-corrected chi connectivity index (χ1v) is 11.0. The Labute approximate surface area is 183 Å². The van der Waals surface area contributed by atoms with E-state index in [-0.39, 0.29) is 17.5 Å². The van der Waals surface area contributed by atoms with Crippen LogP contribution in [0.2, 0.25) is 0 Å². The molecule has 158 valence electrons. The average molecular weight is 475 g/mol. The molecule has 2 heterocycles. The van der Waals surface area contributed by atoms with Crippen molar-refractivity contribution in [3.8, 4) is 5.75 Å². The van der Waals surface area contributed by atoms with E-state index in [9.17, 15) is 9.18 Å². The van der Waals surface area contributed by atoms with Crippen LogP contribution in [0.3, 0.4) is 0 Å². The molecule has 1 saturated heterocycles. The van der Waals surface area contributed by atoms with Crippen LogP contribution in [-0.2, 0) is 0 Å². The molecule has 2 aromatic carbocycles. The van der Waals surface area contributed by atoms with Gasteiger partial charge in [-0.1, -0.05) is 11.2 Å². The number of hydrogen-bond donors (Lipinski definition) is 0. The summed E-state index contributed by atoms with van der Waals surface area (Å²) in [6.45, 7) is 5.00. The highest BCUT2D eigenvalue weighted by molar-refractivity contribution is 9.10. The predicted octanol–water partition coefficient (Wildman–Crippen LogP) is 5.58. The van der Waals surface area contributed by atoms with Crippen molar-refractivity contribution in [2.24, 2.45) is 0 Å². The van der Waals surface area contributed by atoms with E-state index in [0.29, 0.717) is 23.1 Å². The lowest BCUT2D eigenvalue weighted by Crippen LogP contribution is -2.34. The lowest BCUT2D eigenvalue weighted by molar-refractivity contribution is 0.101. The van der Waals surface area contributed by atoms with Crippen LogP contribution in [0.25, 0.3) is 11.0 Å². The number of ether oxygens (including phenoxy) is 1. The smallest absolute Gasteiger partial charge is 0.170 e. The standard InChI is InChI=1S/C23H24BrFN2O3/c1-15(28)17-6-7-20(18(24)14-17)29-13-3-10-27-11-8-16(9-12-27)23-22-19(25)4-2-5-21(22)30-26-23/h2,4-7,14,16H,3,8-13H2,1H3. The maximum Gasteiger partial charge on any atom is 0.170 e. The number of hydrogen-bond acceptors (Lipinski definition) is 5. The van der Waals surface area contributed by atoms with Crippen molar-refractivity contribution < 1.29 is 18.4 Å². The maximum absolute atomic E-state index is 14.2. The molecule has 30 heavy (non-hydrogen) atoms. The van der Waals surface area contributed by atoms with Gasteiger partial charge in [0.15, 0.2) is 11.4 Å². The molecule has 0 atom stereocenters. The Kier molecular flexibility index (Phi) is 6.49. The molecule has 0 unspecified atom stereocenters. The monoisotopic (exact) mass is 474 g/mol. The molecule has 1 aliphatic heterocycles. The van der Waals surface area contributed by atoms with Gasteiger partial charge in [0.25, 0.3) is 0 Å². The van der Waals surface area contributed by atoms with Crippen LogP contribution in [0.4, 0.5) is 4.39 Å². The van der Waals surface area contributed by atoms with Gasteiger partial charge in [0.05, 0.1) is 22.2 Å². The SMILES string of the molecule is CC(=O)c1ccc(OCCCN2CCC(c3noc4cccc(F)c34)CC2)c(Br)c1. The van der Waals surface area contributed by atoms with Gasteiger partial charge < -0.3 is 14.2 Å². The summed E-state index contributed by atoms with van der Waals surface area (Å²) in [5.41, 5.74) is 1.94. The Morgan fingerprint density at radius 1 is 1.30 bits per heavy atom. The molecular formula is C23H24BrFN2O3. The molecule has 1 fully saturated rings. The summed E-state index contributed by atoms with van der Waals surface area (Å²) in [5.74, 6) is 0.753. The van der Waals surface area contributed by atoms with Gasteiger partial charge in [-0.15, -0.1) is 0 Å². The van der Waals surface area contributed by atoms with Crippen LogP contribution in [0, 0.1) is 5.82 Å². The Morgan fingerprint density at radius 3 is 2.83 bits per heavy atom. The van der Waals surface area contributed by atoms with Crippen molar-refractivity contribution in [2.75, 3.05) is 26.2 Å². The predicted molar refractivity (Wildman–Crippen MR) is 117 cm³/mol. The third-order valence-electron chi connectivity index (χ3n) is 5.66. The van der Waals surface area contributed by atoms with Crippen LogP contribution in [-0.4, -0.2) is 42.1 Å². The normalized spacial score (nSPS) is 15.6. The number of aromatic nitrogens is 1. The summed E-state index contributed by atoms with van der Waals surface area (Å²) in [4.78, 5) is 13.8. The van der Waals surface area contributed by atoms with Crippen molar-refractivity contribution in [3.05, 3.63) is 57.9 Å².